The molecule has 0 bridgehead atoms. The van der Waals surface area contributed by atoms with Gasteiger partial charge in [-0.2, -0.15) is 4.98 Å². The highest BCUT2D eigenvalue weighted by Gasteiger charge is 2.27. The van der Waals surface area contributed by atoms with Crippen molar-refractivity contribution in [1.29, 1.82) is 0 Å². The molecule has 3 aromatic rings. The molecule has 21 heavy (non-hydrogen) atoms. The van der Waals surface area contributed by atoms with Gasteiger partial charge in [-0.05, 0) is 18.1 Å². The number of benzene rings is 1. The van der Waals surface area contributed by atoms with Crippen LogP contribution in [-0.4, -0.2) is 26.2 Å². The van der Waals surface area contributed by atoms with Crippen LogP contribution >= 0.6 is 0 Å². The summed E-state index contributed by atoms with van der Waals surface area (Å²) >= 11 is 0. The van der Waals surface area contributed by atoms with Crippen molar-refractivity contribution in [3.05, 3.63) is 48.1 Å². The van der Waals surface area contributed by atoms with Crippen LogP contribution in [0.25, 0.3) is 11.6 Å². The second kappa shape index (κ2) is 4.73. The zero-order chi connectivity index (χ0) is 14.2. The minimum absolute atomic E-state index is 0.143. The summed E-state index contributed by atoms with van der Waals surface area (Å²) in [5, 5.41) is 7.48. The molecule has 4 rings (SSSR count). The molecule has 6 heteroatoms. The molecule has 0 amide bonds. The maximum absolute atomic E-state index is 5.50. The van der Waals surface area contributed by atoms with Crippen molar-refractivity contribution >= 4 is 5.69 Å². The van der Waals surface area contributed by atoms with Gasteiger partial charge in [-0.1, -0.05) is 23.4 Å². The average molecular weight is 281 g/mol. The molecule has 1 atom stereocenters. The second-order valence-corrected chi connectivity index (χ2v) is 5.17. The Morgan fingerprint density at radius 1 is 1.33 bits per heavy atom. The topological polar surface area (TPSA) is 68.8 Å². The van der Waals surface area contributed by atoms with Crippen LogP contribution in [0, 0.1) is 0 Å². The van der Waals surface area contributed by atoms with E-state index in [9.17, 15) is 0 Å². The molecule has 1 aliphatic heterocycles. The minimum Gasteiger partial charge on any atom is -0.385 e. The summed E-state index contributed by atoms with van der Waals surface area (Å²) in [7, 11) is 1.91. The standard InChI is InChI=1S/C15H15N5O/c1-20-9-8-17-14(20)13-18-15(21-19-13)11-6-7-16-12-5-3-2-4-10(11)12/h2-5,8-9,11,16H,6-7H2,1H3. The number of nitrogens with zero attached hydrogens (tertiary/aromatic N) is 4. The fourth-order valence-electron chi connectivity index (χ4n) is 2.77. The van der Waals surface area contributed by atoms with E-state index in [1.165, 1.54) is 5.56 Å². The van der Waals surface area contributed by atoms with Crippen molar-refractivity contribution in [3.63, 3.8) is 0 Å². The summed E-state index contributed by atoms with van der Waals surface area (Å²) < 4.78 is 7.38. The van der Waals surface area contributed by atoms with Crippen molar-refractivity contribution in [2.75, 3.05) is 11.9 Å². The highest BCUT2D eigenvalue weighted by Crippen LogP contribution is 2.35. The van der Waals surface area contributed by atoms with E-state index in [0.29, 0.717) is 17.5 Å². The van der Waals surface area contributed by atoms with Crippen molar-refractivity contribution in [1.82, 2.24) is 19.7 Å². The normalized spacial score (nSPS) is 17.3. The zero-order valence-corrected chi connectivity index (χ0v) is 11.7. The number of hydrogen-bond acceptors (Lipinski definition) is 5. The number of imidazole rings is 1. The van der Waals surface area contributed by atoms with Crippen molar-refractivity contribution in [2.24, 2.45) is 7.05 Å². The summed E-state index contributed by atoms with van der Waals surface area (Å²) in [5.41, 5.74) is 2.35. The van der Waals surface area contributed by atoms with Gasteiger partial charge in [-0.25, -0.2) is 4.98 Å². The van der Waals surface area contributed by atoms with E-state index in [0.717, 1.165) is 18.7 Å². The van der Waals surface area contributed by atoms with E-state index < -0.39 is 0 Å². The summed E-state index contributed by atoms with van der Waals surface area (Å²) in [6, 6.07) is 8.25. The molecule has 1 aromatic carbocycles. The van der Waals surface area contributed by atoms with Crippen LogP contribution in [0.3, 0.4) is 0 Å². The van der Waals surface area contributed by atoms with Crippen LogP contribution < -0.4 is 5.32 Å². The molecule has 2 aromatic heterocycles. The second-order valence-electron chi connectivity index (χ2n) is 5.17. The fourth-order valence-corrected chi connectivity index (χ4v) is 2.77. The third kappa shape index (κ3) is 1.99. The number of para-hydroxylation sites is 1. The number of nitrogens with one attached hydrogen (secondary N) is 1. The molecule has 1 N–H and O–H groups in total. The Bertz CT molecular complexity index is 776. The number of rotatable bonds is 2. The lowest BCUT2D eigenvalue weighted by atomic mass is 9.91. The number of fused-ring (bicyclic) bond motifs is 1. The van der Waals surface area contributed by atoms with E-state index >= 15 is 0 Å². The minimum atomic E-state index is 0.143. The van der Waals surface area contributed by atoms with Gasteiger partial charge < -0.3 is 14.4 Å². The molecule has 6 nitrogen and oxygen atoms in total. The third-order valence-electron chi connectivity index (χ3n) is 3.85. The first-order valence-electron chi connectivity index (χ1n) is 6.97. The monoisotopic (exact) mass is 281 g/mol. The van der Waals surface area contributed by atoms with Gasteiger partial charge >= 0.3 is 0 Å². The molecular formula is C15H15N5O. The smallest absolute Gasteiger partial charge is 0.238 e. The lowest BCUT2D eigenvalue weighted by molar-refractivity contribution is 0.360. The largest absolute Gasteiger partial charge is 0.385 e. The maximum atomic E-state index is 5.50. The molecule has 106 valence electrons. The molecule has 0 saturated carbocycles. The molecule has 0 radical (unpaired) electrons. The Morgan fingerprint density at radius 2 is 2.24 bits per heavy atom. The van der Waals surface area contributed by atoms with Crippen LogP contribution in [0.2, 0.25) is 0 Å². The fraction of sp³-hybridized carbons (Fsp3) is 0.267. The van der Waals surface area contributed by atoms with Crippen LogP contribution in [0.1, 0.15) is 23.8 Å². The van der Waals surface area contributed by atoms with E-state index in [-0.39, 0.29) is 5.92 Å². The zero-order valence-electron chi connectivity index (χ0n) is 11.7. The highest BCUT2D eigenvalue weighted by molar-refractivity contribution is 5.56. The van der Waals surface area contributed by atoms with Crippen LogP contribution in [0.15, 0.2) is 41.2 Å². The van der Waals surface area contributed by atoms with Crippen molar-refractivity contribution < 1.29 is 4.52 Å². The Labute approximate surface area is 121 Å². The SMILES string of the molecule is Cn1ccnc1-c1noc(C2CCNc3ccccc32)n1. The number of anilines is 1. The first kappa shape index (κ1) is 12.1. The average Bonchev–Trinajstić information content (AvgIpc) is 3.15. The van der Waals surface area contributed by atoms with E-state index in [1.54, 1.807) is 6.20 Å². The molecule has 0 saturated heterocycles. The Kier molecular flexibility index (Phi) is 2.73. The van der Waals surface area contributed by atoms with E-state index in [1.807, 2.05) is 29.9 Å². The quantitative estimate of drug-likeness (QED) is 0.781. The number of aromatic nitrogens is 4. The lowest BCUT2D eigenvalue weighted by Crippen LogP contribution is -2.17. The lowest BCUT2D eigenvalue weighted by Gasteiger charge is -2.23. The molecule has 0 aliphatic carbocycles. The third-order valence-corrected chi connectivity index (χ3v) is 3.85. The maximum Gasteiger partial charge on any atom is 0.238 e. The molecule has 1 unspecified atom stereocenters. The van der Waals surface area contributed by atoms with Gasteiger partial charge in [0, 0.05) is 31.7 Å². The Hall–Kier alpha value is -2.63. The first-order chi connectivity index (χ1) is 10.3. The molecule has 3 heterocycles. The molecule has 1 aliphatic rings. The van der Waals surface area contributed by atoms with Gasteiger partial charge in [0.1, 0.15) is 0 Å². The molecule has 0 fully saturated rings. The highest BCUT2D eigenvalue weighted by atomic mass is 16.5. The predicted octanol–water partition coefficient (Wildman–Crippen LogP) is 2.42. The van der Waals surface area contributed by atoms with Gasteiger partial charge in [0.25, 0.3) is 0 Å². The number of aryl methyl sites for hydroxylation is 1. The van der Waals surface area contributed by atoms with Gasteiger partial charge in [0.05, 0.1) is 5.92 Å². The van der Waals surface area contributed by atoms with Gasteiger partial charge in [-0.3, -0.25) is 0 Å². The Balaban J connectivity index is 1.73. The van der Waals surface area contributed by atoms with Crippen molar-refractivity contribution in [2.45, 2.75) is 12.3 Å². The van der Waals surface area contributed by atoms with Gasteiger partial charge in [0.15, 0.2) is 5.82 Å². The van der Waals surface area contributed by atoms with Gasteiger partial charge in [-0.15, -0.1) is 0 Å². The summed E-state index contributed by atoms with van der Waals surface area (Å²) in [5.74, 6) is 2.05. The summed E-state index contributed by atoms with van der Waals surface area (Å²) in [6.45, 7) is 0.905. The summed E-state index contributed by atoms with van der Waals surface area (Å²) in [6.07, 6.45) is 4.54. The van der Waals surface area contributed by atoms with E-state index in [2.05, 4.69) is 32.6 Å². The van der Waals surface area contributed by atoms with Crippen LogP contribution in [-0.2, 0) is 7.05 Å². The summed E-state index contributed by atoms with van der Waals surface area (Å²) in [4.78, 5) is 8.80. The van der Waals surface area contributed by atoms with E-state index in [4.69, 9.17) is 4.52 Å². The Morgan fingerprint density at radius 3 is 3.10 bits per heavy atom. The molecule has 0 spiro atoms. The van der Waals surface area contributed by atoms with Crippen LogP contribution in [0.4, 0.5) is 5.69 Å². The van der Waals surface area contributed by atoms with Crippen LogP contribution in [0.5, 0.6) is 0 Å². The first-order valence-corrected chi connectivity index (χ1v) is 6.97. The molecular weight excluding hydrogens is 266 g/mol. The van der Waals surface area contributed by atoms with Gasteiger partial charge in [0.2, 0.25) is 11.7 Å². The number of hydrogen-bond donors (Lipinski definition) is 1. The predicted molar refractivity (Wildman–Crippen MR) is 77.9 cm³/mol. The van der Waals surface area contributed by atoms with Crippen molar-refractivity contribution in [3.8, 4) is 11.6 Å².